The van der Waals surface area contributed by atoms with Crippen LogP contribution in [0.1, 0.15) is 26.5 Å². The summed E-state index contributed by atoms with van der Waals surface area (Å²) in [5.74, 6) is 1.41. The van der Waals surface area contributed by atoms with Crippen molar-refractivity contribution >= 4 is 32.9 Å². The van der Waals surface area contributed by atoms with Gasteiger partial charge in [0.15, 0.2) is 21.0 Å². The second kappa shape index (κ2) is 5.81. The van der Waals surface area contributed by atoms with Gasteiger partial charge in [0, 0.05) is 0 Å². The third-order valence-electron chi connectivity index (χ3n) is 4.31. The van der Waals surface area contributed by atoms with Crippen molar-refractivity contribution < 1.29 is 14.0 Å². The summed E-state index contributed by atoms with van der Waals surface area (Å²) in [6.07, 6.45) is 1.69. The molecule has 0 N–H and O–H groups in total. The lowest BCUT2D eigenvalue weighted by molar-refractivity contribution is 0.0481. The number of anilines is 1. The number of morpholine rings is 1. The molecule has 122 valence electrons. The van der Waals surface area contributed by atoms with Gasteiger partial charge in [-0.1, -0.05) is 0 Å². The molecule has 0 aliphatic carbocycles. The highest BCUT2D eigenvalue weighted by atomic mass is 79.9. The van der Waals surface area contributed by atoms with E-state index in [-0.39, 0.29) is 12.1 Å². The summed E-state index contributed by atoms with van der Waals surface area (Å²) in [5, 5.41) is 0. The van der Waals surface area contributed by atoms with Crippen LogP contribution in [0.4, 0.5) is 5.82 Å². The molecule has 0 bridgehead atoms. The molecule has 1 aromatic rings. The third kappa shape index (κ3) is 2.60. The summed E-state index contributed by atoms with van der Waals surface area (Å²) in [5.41, 5.74) is 0.683. The van der Waals surface area contributed by atoms with E-state index >= 15 is 0 Å². The molecule has 0 aromatic carbocycles. The standard InChI is InChI=1S/C14H20BrN3O3S/c1-8-5-20-6-9-7-21-10-11(14(2,3)22(4)19)16-13(15)17-12(10)18(8)9/h8-9H,5-7H2,1-4H3/t8-,9?,22?/m1/s1. The summed E-state index contributed by atoms with van der Waals surface area (Å²) >= 11 is 2.30. The van der Waals surface area contributed by atoms with Crippen LogP contribution in [0.3, 0.4) is 0 Å². The molecule has 0 saturated carbocycles. The van der Waals surface area contributed by atoms with Crippen molar-refractivity contribution in [1.82, 2.24) is 9.97 Å². The molecule has 6 nitrogen and oxygen atoms in total. The summed E-state index contributed by atoms with van der Waals surface area (Å²) in [6.45, 7) is 7.76. The molecule has 22 heavy (non-hydrogen) atoms. The zero-order valence-electron chi connectivity index (χ0n) is 13.1. The summed E-state index contributed by atoms with van der Waals surface area (Å²) in [4.78, 5) is 11.2. The molecular formula is C14H20BrN3O3S. The lowest BCUT2D eigenvalue weighted by atomic mass is 10.0. The Bertz CT molecular complexity index is 585. The first-order valence-corrected chi connectivity index (χ1v) is 9.58. The Morgan fingerprint density at radius 2 is 2.05 bits per heavy atom. The van der Waals surface area contributed by atoms with Crippen LogP contribution in [0.15, 0.2) is 4.73 Å². The molecule has 1 saturated heterocycles. The highest BCUT2D eigenvalue weighted by Crippen LogP contribution is 2.43. The Balaban J connectivity index is 2.14. The van der Waals surface area contributed by atoms with Crippen LogP contribution in [-0.2, 0) is 20.7 Å². The highest BCUT2D eigenvalue weighted by molar-refractivity contribution is 9.10. The molecule has 0 spiro atoms. The normalized spacial score (nSPS) is 26.0. The van der Waals surface area contributed by atoms with Crippen LogP contribution in [0, 0.1) is 0 Å². The maximum absolute atomic E-state index is 12.2. The van der Waals surface area contributed by atoms with Crippen molar-refractivity contribution in [1.29, 1.82) is 0 Å². The predicted octanol–water partition coefficient (Wildman–Crippen LogP) is 1.84. The van der Waals surface area contributed by atoms with Crippen LogP contribution in [0.2, 0.25) is 0 Å². The van der Waals surface area contributed by atoms with Crippen LogP contribution < -0.4 is 9.64 Å². The van der Waals surface area contributed by atoms with Crippen molar-refractivity contribution in [3.63, 3.8) is 0 Å². The Morgan fingerprint density at radius 3 is 2.73 bits per heavy atom. The molecule has 3 rings (SSSR count). The second-order valence-electron chi connectivity index (χ2n) is 6.22. The van der Waals surface area contributed by atoms with Gasteiger partial charge in [-0.15, -0.1) is 0 Å². The van der Waals surface area contributed by atoms with Crippen molar-refractivity contribution in [2.45, 2.75) is 37.6 Å². The zero-order valence-corrected chi connectivity index (χ0v) is 15.5. The Labute approximate surface area is 141 Å². The van der Waals surface area contributed by atoms with Crippen molar-refractivity contribution in [3.8, 4) is 5.75 Å². The fraction of sp³-hybridized carbons (Fsp3) is 0.714. The number of aromatic nitrogens is 2. The molecule has 2 aliphatic rings. The SMILES string of the molecule is C[C@@H]1COCC2COc3c(nc(Br)nc3C(C)(C)[S+](C)[O-])N21. The van der Waals surface area contributed by atoms with Crippen LogP contribution >= 0.6 is 15.9 Å². The van der Waals surface area contributed by atoms with E-state index in [1.54, 1.807) is 6.26 Å². The number of hydrogen-bond acceptors (Lipinski definition) is 6. The first-order chi connectivity index (χ1) is 10.3. The molecule has 2 unspecified atom stereocenters. The Kier molecular flexibility index (Phi) is 4.30. The number of nitrogens with zero attached hydrogens (tertiary/aromatic N) is 3. The number of ether oxygens (including phenoxy) is 2. The first-order valence-electron chi connectivity index (χ1n) is 7.22. The fourth-order valence-electron chi connectivity index (χ4n) is 2.85. The summed E-state index contributed by atoms with van der Waals surface area (Å²) < 4.78 is 23.6. The minimum atomic E-state index is -1.09. The maximum Gasteiger partial charge on any atom is 0.199 e. The summed E-state index contributed by atoms with van der Waals surface area (Å²) in [7, 11) is 0. The van der Waals surface area contributed by atoms with Gasteiger partial charge in [-0.2, -0.15) is 0 Å². The van der Waals surface area contributed by atoms with Crippen LogP contribution in [0.5, 0.6) is 5.75 Å². The molecule has 1 fully saturated rings. The maximum atomic E-state index is 12.2. The van der Waals surface area contributed by atoms with Crippen LogP contribution in [0.25, 0.3) is 0 Å². The average Bonchev–Trinajstić information content (AvgIpc) is 2.45. The molecule has 0 amide bonds. The van der Waals surface area contributed by atoms with Gasteiger partial charge >= 0.3 is 0 Å². The quantitative estimate of drug-likeness (QED) is 0.567. The number of fused-ring (bicyclic) bond motifs is 3. The lowest BCUT2D eigenvalue weighted by Crippen LogP contribution is -2.56. The molecule has 8 heteroatoms. The average molecular weight is 390 g/mol. The van der Waals surface area contributed by atoms with E-state index in [1.165, 1.54) is 0 Å². The molecule has 3 atom stereocenters. The van der Waals surface area contributed by atoms with E-state index in [4.69, 9.17) is 9.47 Å². The molecule has 2 aliphatic heterocycles. The second-order valence-corrected chi connectivity index (χ2v) is 8.86. The van der Waals surface area contributed by atoms with E-state index in [0.717, 1.165) is 5.82 Å². The Hall–Kier alpha value is -0.570. The zero-order chi connectivity index (χ0) is 16.1. The first kappa shape index (κ1) is 16.3. The van der Waals surface area contributed by atoms with Crippen molar-refractivity contribution in [2.75, 3.05) is 31.0 Å². The van der Waals surface area contributed by atoms with Gasteiger partial charge in [-0.3, -0.25) is 0 Å². The van der Waals surface area contributed by atoms with E-state index in [0.29, 0.717) is 36.0 Å². The number of halogens is 1. The summed E-state index contributed by atoms with van der Waals surface area (Å²) in [6, 6.07) is 0.368. The number of rotatable bonds is 2. The highest BCUT2D eigenvalue weighted by Gasteiger charge is 2.43. The van der Waals surface area contributed by atoms with Gasteiger partial charge in [0.1, 0.15) is 12.3 Å². The van der Waals surface area contributed by atoms with Gasteiger partial charge in [-0.25, -0.2) is 9.97 Å². The lowest BCUT2D eigenvalue weighted by Gasteiger charge is -2.45. The third-order valence-corrected chi connectivity index (χ3v) is 6.30. The van der Waals surface area contributed by atoms with Gasteiger partial charge < -0.3 is 18.9 Å². The molecule has 3 heterocycles. The van der Waals surface area contributed by atoms with E-state index < -0.39 is 15.9 Å². The minimum Gasteiger partial charge on any atom is -0.616 e. The molecule has 0 radical (unpaired) electrons. The van der Waals surface area contributed by atoms with E-state index in [9.17, 15) is 4.55 Å². The monoisotopic (exact) mass is 389 g/mol. The van der Waals surface area contributed by atoms with Gasteiger partial charge in [-0.05, 0) is 47.9 Å². The van der Waals surface area contributed by atoms with Gasteiger partial charge in [0.25, 0.3) is 0 Å². The van der Waals surface area contributed by atoms with Gasteiger partial charge in [0.2, 0.25) is 0 Å². The molecular weight excluding hydrogens is 370 g/mol. The topological polar surface area (TPSA) is 70.5 Å². The minimum absolute atomic E-state index is 0.154. The number of hydrogen-bond donors (Lipinski definition) is 0. The van der Waals surface area contributed by atoms with Crippen LogP contribution in [-0.4, -0.2) is 52.7 Å². The Morgan fingerprint density at radius 1 is 1.32 bits per heavy atom. The van der Waals surface area contributed by atoms with Crippen molar-refractivity contribution in [2.24, 2.45) is 0 Å². The largest absolute Gasteiger partial charge is 0.616 e. The van der Waals surface area contributed by atoms with Gasteiger partial charge in [0.05, 0.1) is 31.6 Å². The molecule has 1 aromatic heterocycles. The predicted molar refractivity (Wildman–Crippen MR) is 88.9 cm³/mol. The smallest absolute Gasteiger partial charge is 0.199 e. The van der Waals surface area contributed by atoms with E-state index in [1.807, 2.05) is 13.8 Å². The van der Waals surface area contributed by atoms with E-state index in [2.05, 4.69) is 37.7 Å². The fourth-order valence-corrected chi connectivity index (χ4v) is 3.60. The van der Waals surface area contributed by atoms with Crippen molar-refractivity contribution in [3.05, 3.63) is 10.4 Å².